The molecule has 0 aliphatic heterocycles. The molecule has 5 rings (SSSR count). The molecule has 0 aliphatic rings. The van der Waals surface area contributed by atoms with E-state index in [-0.39, 0.29) is 11.6 Å². The molecule has 2 heterocycles. The van der Waals surface area contributed by atoms with Gasteiger partial charge in [-0.15, -0.1) is 0 Å². The third-order valence-electron chi connectivity index (χ3n) is 6.07. The summed E-state index contributed by atoms with van der Waals surface area (Å²) in [5.41, 5.74) is 11.9. The number of aryl methyl sites for hydroxylation is 1. The van der Waals surface area contributed by atoms with Crippen molar-refractivity contribution in [3.63, 3.8) is 0 Å². The van der Waals surface area contributed by atoms with Crippen molar-refractivity contribution < 1.29 is 9.84 Å². The molecule has 0 fully saturated rings. The van der Waals surface area contributed by atoms with Crippen LogP contribution in [0.15, 0.2) is 102 Å². The predicted octanol–water partition coefficient (Wildman–Crippen LogP) is 6.67. The van der Waals surface area contributed by atoms with Crippen LogP contribution >= 0.6 is 0 Å². The van der Waals surface area contributed by atoms with E-state index in [0.717, 1.165) is 27.6 Å². The number of rotatable bonds is 7. The Labute approximate surface area is 219 Å². The first-order valence-electron chi connectivity index (χ1n) is 11.8. The van der Waals surface area contributed by atoms with Crippen LogP contribution in [-0.4, -0.2) is 26.1 Å². The Kier molecular flexibility index (Phi) is 6.49. The van der Waals surface area contributed by atoms with Gasteiger partial charge in [0.2, 0.25) is 0 Å². The second-order valence-electron chi connectivity index (χ2n) is 8.59. The van der Waals surface area contributed by atoms with E-state index in [1.165, 1.54) is 6.08 Å². The van der Waals surface area contributed by atoms with Gasteiger partial charge in [-0.25, -0.2) is 4.99 Å². The average molecular weight is 501 g/mol. The van der Waals surface area contributed by atoms with Gasteiger partial charge in [-0.05, 0) is 66.6 Å². The highest BCUT2D eigenvalue weighted by atomic mass is 16.5. The van der Waals surface area contributed by atoms with Crippen LogP contribution in [0.1, 0.15) is 16.8 Å². The Bertz CT molecular complexity index is 1750. The van der Waals surface area contributed by atoms with Crippen molar-refractivity contribution in [3.8, 4) is 28.7 Å². The third kappa shape index (κ3) is 4.76. The molecule has 0 saturated heterocycles. The highest BCUT2D eigenvalue weighted by Crippen LogP contribution is 2.32. The first kappa shape index (κ1) is 24.2. The van der Waals surface area contributed by atoms with E-state index in [9.17, 15) is 5.11 Å². The van der Waals surface area contributed by atoms with Gasteiger partial charge in [0.15, 0.2) is 0 Å². The molecule has 186 valence electrons. The van der Waals surface area contributed by atoms with Crippen molar-refractivity contribution in [3.05, 3.63) is 114 Å². The molecule has 5 aromatic rings. The predicted molar refractivity (Wildman–Crippen MR) is 149 cm³/mol. The van der Waals surface area contributed by atoms with Crippen LogP contribution in [-0.2, 0) is 0 Å². The van der Waals surface area contributed by atoms with Gasteiger partial charge in [-0.1, -0.05) is 30.9 Å². The van der Waals surface area contributed by atoms with Crippen molar-refractivity contribution in [2.24, 2.45) is 10.7 Å². The zero-order valence-corrected chi connectivity index (χ0v) is 20.6. The summed E-state index contributed by atoms with van der Waals surface area (Å²) >= 11 is 0. The molecule has 5 N–H and O–H groups in total. The first-order chi connectivity index (χ1) is 18.5. The van der Waals surface area contributed by atoms with E-state index < -0.39 is 0 Å². The number of nitrogens with one attached hydrogen (secondary N) is 2. The standard InChI is InChI=1S/C30H24N6O2/c1-3-23(29(37)28-14-25-24(20-16-33-34-17-20)8-5-9-27(25)35-28)30(32)36-26-11-10-22(12-18(26)2)38-21-7-4-6-19(13-21)15-31/h3-14,16-17,35,37H,1H2,2H3,(H2,32,36)(H,33,34). The summed E-state index contributed by atoms with van der Waals surface area (Å²) in [6.45, 7) is 5.72. The molecule has 8 heteroatoms. The summed E-state index contributed by atoms with van der Waals surface area (Å²) in [7, 11) is 0. The molecule has 2 aromatic heterocycles. The Morgan fingerprint density at radius 1 is 1.13 bits per heavy atom. The van der Waals surface area contributed by atoms with Crippen LogP contribution in [0.25, 0.3) is 27.8 Å². The zero-order valence-electron chi connectivity index (χ0n) is 20.6. The van der Waals surface area contributed by atoms with E-state index >= 15 is 0 Å². The highest BCUT2D eigenvalue weighted by Gasteiger charge is 2.15. The third-order valence-corrected chi connectivity index (χ3v) is 6.07. The molecule has 0 aliphatic carbocycles. The topological polar surface area (TPSA) is 136 Å². The molecule has 0 bridgehead atoms. The number of hydrogen-bond acceptors (Lipinski definition) is 5. The number of aromatic amines is 2. The van der Waals surface area contributed by atoms with Gasteiger partial charge >= 0.3 is 0 Å². The lowest BCUT2D eigenvalue weighted by molar-refractivity contribution is 0.482. The summed E-state index contributed by atoms with van der Waals surface area (Å²) in [5, 5.41) is 28.0. The minimum atomic E-state index is -0.0643. The van der Waals surface area contributed by atoms with Gasteiger partial charge in [0.05, 0.1) is 34.8 Å². The summed E-state index contributed by atoms with van der Waals surface area (Å²) in [4.78, 5) is 7.79. The fourth-order valence-corrected chi connectivity index (χ4v) is 4.17. The maximum atomic E-state index is 11.1. The van der Waals surface area contributed by atoms with E-state index in [1.54, 1.807) is 42.6 Å². The van der Waals surface area contributed by atoms with E-state index in [2.05, 4.69) is 32.8 Å². The Balaban J connectivity index is 1.45. The number of H-pyrrole nitrogens is 2. The molecule has 38 heavy (non-hydrogen) atoms. The maximum Gasteiger partial charge on any atom is 0.149 e. The minimum absolute atomic E-state index is 0.0643. The second kappa shape index (κ2) is 10.2. The van der Waals surface area contributed by atoms with Gasteiger partial charge in [-0.2, -0.15) is 10.4 Å². The van der Waals surface area contributed by atoms with E-state index in [0.29, 0.717) is 34.0 Å². The lowest BCUT2D eigenvalue weighted by Crippen LogP contribution is -2.15. The van der Waals surface area contributed by atoms with Gasteiger partial charge in [-0.3, -0.25) is 5.10 Å². The largest absolute Gasteiger partial charge is 0.505 e. The monoisotopic (exact) mass is 500 g/mol. The summed E-state index contributed by atoms with van der Waals surface area (Å²) < 4.78 is 5.89. The number of ether oxygens (including phenoxy) is 1. The van der Waals surface area contributed by atoms with Crippen LogP contribution in [0, 0.1) is 18.3 Å². The van der Waals surface area contributed by atoms with Crippen LogP contribution in [0.3, 0.4) is 0 Å². The van der Waals surface area contributed by atoms with Gasteiger partial charge in [0.1, 0.15) is 23.1 Å². The maximum absolute atomic E-state index is 11.1. The Morgan fingerprint density at radius 2 is 1.95 bits per heavy atom. The van der Waals surface area contributed by atoms with Crippen molar-refractivity contribution in [2.45, 2.75) is 6.92 Å². The number of fused-ring (bicyclic) bond motifs is 1. The molecular weight excluding hydrogens is 476 g/mol. The fourth-order valence-electron chi connectivity index (χ4n) is 4.17. The molecule has 0 radical (unpaired) electrons. The molecule has 0 amide bonds. The number of nitriles is 1. The summed E-state index contributed by atoms with van der Waals surface area (Å²) in [6, 6.07) is 22.1. The average Bonchev–Trinajstić information content (AvgIpc) is 3.61. The van der Waals surface area contributed by atoms with Crippen molar-refractivity contribution in [1.82, 2.24) is 15.2 Å². The molecule has 8 nitrogen and oxygen atoms in total. The number of benzene rings is 3. The zero-order chi connectivity index (χ0) is 26.6. The Morgan fingerprint density at radius 3 is 2.68 bits per heavy atom. The van der Waals surface area contributed by atoms with E-state index in [4.69, 9.17) is 15.7 Å². The summed E-state index contributed by atoms with van der Waals surface area (Å²) in [6.07, 6.45) is 5.05. The number of hydrogen-bond donors (Lipinski definition) is 4. The van der Waals surface area contributed by atoms with Crippen LogP contribution in [0.4, 0.5) is 5.69 Å². The number of aliphatic hydroxyl groups excluding tert-OH is 1. The van der Waals surface area contributed by atoms with Gasteiger partial charge in [0.25, 0.3) is 0 Å². The SMILES string of the molecule is C=CC(C(N)=Nc1ccc(Oc2cccc(C#N)c2)cc1C)=C(O)c1cc2c(-c3cn[nH]c3)cccc2[nH]1. The highest BCUT2D eigenvalue weighted by molar-refractivity contribution is 6.07. The minimum Gasteiger partial charge on any atom is -0.505 e. The molecule has 0 atom stereocenters. The molecule has 0 saturated carbocycles. The van der Waals surface area contributed by atoms with Gasteiger partial charge in [0, 0.05) is 22.7 Å². The quantitative estimate of drug-likeness (QED) is 0.0856. The molecule has 3 aromatic carbocycles. The van der Waals surface area contributed by atoms with Crippen molar-refractivity contribution in [1.29, 1.82) is 5.26 Å². The molecular formula is C30H24N6O2. The number of aromatic nitrogens is 3. The lowest BCUT2D eigenvalue weighted by atomic mass is 10.0. The number of amidine groups is 1. The number of aliphatic hydroxyl groups is 1. The van der Waals surface area contributed by atoms with Crippen molar-refractivity contribution >= 4 is 28.2 Å². The van der Waals surface area contributed by atoms with Crippen LogP contribution in [0.5, 0.6) is 11.5 Å². The van der Waals surface area contributed by atoms with Crippen LogP contribution < -0.4 is 10.5 Å². The number of aliphatic imine (C=N–C) groups is 1. The molecule has 0 unspecified atom stereocenters. The normalized spacial score (nSPS) is 12.2. The summed E-state index contributed by atoms with van der Waals surface area (Å²) in [5.74, 6) is 1.22. The second-order valence-corrected chi connectivity index (χ2v) is 8.59. The van der Waals surface area contributed by atoms with Crippen molar-refractivity contribution in [2.75, 3.05) is 0 Å². The lowest BCUT2D eigenvalue weighted by Gasteiger charge is -2.10. The van der Waals surface area contributed by atoms with Gasteiger partial charge < -0.3 is 20.6 Å². The number of nitrogens with two attached hydrogens (primary N) is 1. The van der Waals surface area contributed by atoms with Crippen LogP contribution in [0.2, 0.25) is 0 Å². The smallest absolute Gasteiger partial charge is 0.149 e. The fraction of sp³-hybridized carbons (Fsp3) is 0.0333. The number of nitrogens with zero attached hydrogens (tertiary/aromatic N) is 3. The first-order valence-corrected chi connectivity index (χ1v) is 11.8. The molecule has 0 spiro atoms. The van der Waals surface area contributed by atoms with E-state index in [1.807, 2.05) is 43.5 Å². The Hall–Kier alpha value is -5.55.